The third-order valence-electron chi connectivity index (χ3n) is 7.23. The molecule has 37 heavy (non-hydrogen) atoms. The number of ether oxygens (including phenoxy) is 2. The van der Waals surface area contributed by atoms with Crippen LogP contribution < -0.4 is 19.7 Å². The molecule has 0 bridgehead atoms. The van der Waals surface area contributed by atoms with Crippen LogP contribution in [0, 0.1) is 0 Å². The number of hydrogen-bond donors (Lipinski definition) is 1. The van der Waals surface area contributed by atoms with Crippen molar-refractivity contribution in [2.45, 2.75) is 43.9 Å². The van der Waals surface area contributed by atoms with Crippen molar-refractivity contribution in [3.05, 3.63) is 103 Å². The number of nitrogens with zero attached hydrogens (tertiary/aromatic N) is 3. The zero-order valence-electron chi connectivity index (χ0n) is 20.8. The molecule has 2 fully saturated rings. The summed E-state index contributed by atoms with van der Waals surface area (Å²) in [6.45, 7) is 0. The summed E-state index contributed by atoms with van der Waals surface area (Å²) in [5.41, 5.74) is 4.08. The maximum absolute atomic E-state index is 6.22. The zero-order valence-corrected chi connectivity index (χ0v) is 21.6. The van der Waals surface area contributed by atoms with Gasteiger partial charge in [0.2, 0.25) is 0 Å². The number of benzene rings is 2. The van der Waals surface area contributed by atoms with E-state index in [1.165, 1.54) is 12.8 Å². The van der Waals surface area contributed by atoms with E-state index in [0.29, 0.717) is 11.2 Å². The molecule has 188 valence electrons. The molecular weight excluding hydrogens is 480 g/mol. The van der Waals surface area contributed by atoms with Crippen molar-refractivity contribution in [3.63, 3.8) is 0 Å². The quantitative estimate of drug-likeness (QED) is 0.291. The normalized spacial score (nSPS) is 19.7. The average molecular weight is 511 g/mol. The van der Waals surface area contributed by atoms with Crippen molar-refractivity contribution in [2.75, 3.05) is 12.0 Å². The molecule has 0 radical (unpaired) electrons. The van der Waals surface area contributed by atoms with Gasteiger partial charge in [0.15, 0.2) is 5.11 Å². The maximum Gasteiger partial charge on any atom is 0.174 e. The summed E-state index contributed by atoms with van der Waals surface area (Å²) in [6, 6.07) is 26.4. The molecule has 0 unspecified atom stereocenters. The largest absolute Gasteiger partial charge is 0.497 e. The summed E-state index contributed by atoms with van der Waals surface area (Å²) >= 11 is 5.93. The monoisotopic (exact) mass is 510 g/mol. The van der Waals surface area contributed by atoms with Gasteiger partial charge in [0.25, 0.3) is 0 Å². The van der Waals surface area contributed by atoms with E-state index in [9.17, 15) is 0 Å². The molecule has 1 aliphatic carbocycles. The Hall–Kier alpha value is -3.84. The van der Waals surface area contributed by atoms with Gasteiger partial charge in [0, 0.05) is 35.5 Å². The van der Waals surface area contributed by atoms with E-state index in [1.54, 1.807) is 7.11 Å². The average Bonchev–Trinajstić information content (AvgIpc) is 3.70. The second kappa shape index (κ2) is 10.3. The lowest BCUT2D eigenvalue weighted by molar-refractivity contribution is 0.210. The molecule has 1 saturated carbocycles. The van der Waals surface area contributed by atoms with Crippen LogP contribution in [0.25, 0.3) is 5.69 Å². The molecule has 2 aliphatic rings. The number of aromatic nitrogens is 2. The first-order valence-electron chi connectivity index (χ1n) is 12.8. The number of thiocarbonyl (C=S) groups is 1. The summed E-state index contributed by atoms with van der Waals surface area (Å²) in [6.07, 6.45) is 9.01. The molecule has 7 heteroatoms. The molecule has 6 rings (SSSR count). The van der Waals surface area contributed by atoms with E-state index >= 15 is 0 Å². The van der Waals surface area contributed by atoms with E-state index in [-0.39, 0.29) is 12.1 Å². The van der Waals surface area contributed by atoms with E-state index in [2.05, 4.69) is 68.4 Å². The lowest BCUT2D eigenvalue weighted by Crippen LogP contribution is -2.30. The molecule has 3 heterocycles. The molecule has 0 spiro atoms. The molecule has 1 saturated heterocycles. The minimum absolute atomic E-state index is 0.120. The zero-order chi connectivity index (χ0) is 25.2. The number of pyridine rings is 1. The first-order valence-corrected chi connectivity index (χ1v) is 13.2. The summed E-state index contributed by atoms with van der Waals surface area (Å²) in [4.78, 5) is 6.88. The van der Waals surface area contributed by atoms with Crippen molar-refractivity contribution < 1.29 is 9.47 Å². The predicted octanol–water partition coefficient (Wildman–Crippen LogP) is 6.38. The van der Waals surface area contributed by atoms with Gasteiger partial charge in [-0.3, -0.25) is 4.98 Å². The fourth-order valence-electron chi connectivity index (χ4n) is 5.45. The van der Waals surface area contributed by atoms with Gasteiger partial charge < -0.3 is 24.3 Å². The van der Waals surface area contributed by atoms with E-state index in [0.717, 1.165) is 47.1 Å². The standard InChI is InChI=1S/C30H30N4O2S/c1-35-25-11-6-8-22(20-25)33-19-7-13-27(33)29-28(26-12-4-5-18-31-26)32-30(37)34(29)21-14-16-24(17-15-21)36-23-9-2-3-10-23/h4-8,11-20,23,28-29H,2-3,9-10H2,1H3,(H,32,37)/t28-,29-/m1/s1. The Morgan fingerprint density at radius 2 is 1.73 bits per heavy atom. The van der Waals surface area contributed by atoms with Crippen molar-refractivity contribution in [1.29, 1.82) is 0 Å². The molecule has 4 aromatic rings. The Bertz CT molecular complexity index is 1370. The maximum atomic E-state index is 6.22. The smallest absolute Gasteiger partial charge is 0.174 e. The molecule has 1 N–H and O–H groups in total. The molecule has 2 aromatic heterocycles. The molecular formula is C30H30N4O2S. The van der Waals surface area contributed by atoms with Crippen molar-refractivity contribution in [1.82, 2.24) is 14.9 Å². The highest BCUT2D eigenvalue weighted by atomic mass is 32.1. The van der Waals surface area contributed by atoms with E-state index < -0.39 is 0 Å². The van der Waals surface area contributed by atoms with Gasteiger partial charge in [-0.15, -0.1) is 0 Å². The van der Waals surface area contributed by atoms with Crippen LogP contribution in [0.5, 0.6) is 11.5 Å². The Labute approximate surface area is 222 Å². The third-order valence-corrected chi connectivity index (χ3v) is 7.55. The summed E-state index contributed by atoms with van der Waals surface area (Å²) < 4.78 is 13.9. The van der Waals surface area contributed by atoms with Gasteiger partial charge in [-0.1, -0.05) is 12.1 Å². The number of rotatable bonds is 7. The van der Waals surface area contributed by atoms with Crippen LogP contribution in [-0.2, 0) is 0 Å². The highest BCUT2D eigenvalue weighted by Crippen LogP contribution is 2.42. The second-order valence-electron chi connectivity index (χ2n) is 9.52. The third kappa shape index (κ3) is 4.67. The van der Waals surface area contributed by atoms with Crippen molar-refractivity contribution in [3.8, 4) is 17.2 Å². The van der Waals surface area contributed by atoms with Crippen LogP contribution in [0.2, 0.25) is 0 Å². The molecule has 1 aliphatic heterocycles. The fraction of sp³-hybridized carbons (Fsp3) is 0.267. The molecule has 6 nitrogen and oxygen atoms in total. The summed E-state index contributed by atoms with van der Waals surface area (Å²) in [5.74, 6) is 1.72. The van der Waals surface area contributed by atoms with Gasteiger partial charge in [0.1, 0.15) is 17.5 Å². The van der Waals surface area contributed by atoms with Crippen molar-refractivity contribution in [2.24, 2.45) is 0 Å². The van der Waals surface area contributed by atoms with Crippen LogP contribution in [0.4, 0.5) is 5.69 Å². The topological polar surface area (TPSA) is 51.5 Å². The first-order chi connectivity index (χ1) is 18.2. The highest BCUT2D eigenvalue weighted by Gasteiger charge is 2.42. The van der Waals surface area contributed by atoms with Gasteiger partial charge in [-0.2, -0.15) is 0 Å². The Balaban J connectivity index is 1.40. The predicted molar refractivity (Wildman–Crippen MR) is 150 cm³/mol. The van der Waals surface area contributed by atoms with Crippen LogP contribution in [0.1, 0.15) is 49.2 Å². The number of anilines is 1. The molecule has 2 atom stereocenters. The Kier molecular flexibility index (Phi) is 6.53. The number of methoxy groups -OCH3 is 1. The number of nitrogens with one attached hydrogen (secondary N) is 1. The van der Waals surface area contributed by atoms with Gasteiger partial charge >= 0.3 is 0 Å². The summed E-state index contributed by atoms with van der Waals surface area (Å²) in [5, 5.41) is 4.23. The van der Waals surface area contributed by atoms with Crippen LogP contribution >= 0.6 is 12.2 Å². The van der Waals surface area contributed by atoms with Crippen LogP contribution in [-0.4, -0.2) is 27.9 Å². The molecule has 0 amide bonds. The highest BCUT2D eigenvalue weighted by molar-refractivity contribution is 7.80. The first kappa shape index (κ1) is 23.6. The van der Waals surface area contributed by atoms with Gasteiger partial charge in [-0.05, 0) is 98.6 Å². The summed E-state index contributed by atoms with van der Waals surface area (Å²) in [7, 11) is 1.69. The molecule has 2 aromatic carbocycles. The Morgan fingerprint density at radius 1 is 0.892 bits per heavy atom. The van der Waals surface area contributed by atoms with Gasteiger partial charge in [0.05, 0.1) is 24.9 Å². The lowest BCUT2D eigenvalue weighted by Gasteiger charge is -2.29. The minimum atomic E-state index is -0.123. The SMILES string of the molecule is COc1cccc(-n2cccc2[C@@H]2[C@@H](c3ccccn3)NC(=S)N2c2ccc(OC3CCCC3)cc2)c1. The lowest BCUT2D eigenvalue weighted by atomic mass is 10.0. The number of hydrogen-bond acceptors (Lipinski definition) is 4. The van der Waals surface area contributed by atoms with Crippen LogP contribution in [0.15, 0.2) is 91.3 Å². The fourth-order valence-corrected chi connectivity index (χ4v) is 5.79. The van der Waals surface area contributed by atoms with Crippen LogP contribution in [0.3, 0.4) is 0 Å². The minimum Gasteiger partial charge on any atom is -0.497 e. The second-order valence-corrected chi connectivity index (χ2v) is 9.91. The Morgan fingerprint density at radius 3 is 2.49 bits per heavy atom. The van der Waals surface area contributed by atoms with Crippen molar-refractivity contribution >= 4 is 23.0 Å². The van der Waals surface area contributed by atoms with E-state index in [4.69, 9.17) is 21.7 Å². The van der Waals surface area contributed by atoms with Gasteiger partial charge in [-0.25, -0.2) is 0 Å². The van der Waals surface area contributed by atoms with E-state index in [1.807, 2.05) is 42.6 Å².